The van der Waals surface area contributed by atoms with Crippen molar-refractivity contribution in [3.05, 3.63) is 55.8 Å². The minimum Gasteiger partial charge on any atom is -0.504 e. The summed E-state index contributed by atoms with van der Waals surface area (Å²) in [5.41, 5.74) is -0.157. The predicted molar refractivity (Wildman–Crippen MR) is 115 cm³/mol. The number of ether oxygens (including phenoxy) is 1. The van der Waals surface area contributed by atoms with Crippen LogP contribution in [0.5, 0.6) is 11.5 Å². The molecule has 7 nitrogen and oxygen atoms in total. The van der Waals surface area contributed by atoms with Crippen LogP contribution in [0, 0.1) is 21.0 Å². The van der Waals surface area contributed by atoms with Gasteiger partial charge in [-0.05, 0) is 70.3 Å². The van der Waals surface area contributed by atoms with Crippen LogP contribution in [0.15, 0.2) is 29.2 Å². The lowest BCUT2D eigenvalue weighted by molar-refractivity contribution is -0.127. The van der Waals surface area contributed by atoms with Crippen molar-refractivity contribution in [2.24, 2.45) is 0 Å². The first kappa shape index (κ1) is 22.9. The minimum absolute atomic E-state index is 0.0142. The Morgan fingerprint density at radius 3 is 2.65 bits per heavy atom. The number of carbonyl (C=O) groups excluding carboxylic acids is 3. The molecular formula is C19H12F3IN2O5S. The largest absolute Gasteiger partial charge is 0.504 e. The molecule has 0 aromatic heterocycles. The van der Waals surface area contributed by atoms with E-state index in [9.17, 15) is 32.7 Å². The number of methoxy groups -OCH3 is 1. The minimum atomic E-state index is -1.76. The maximum Gasteiger partial charge on any atom is 0.294 e. The number of phenols is 1. The first-order chi connectivity index (χ1) is 14.6. The summed E-state index contributed by atoms with van der Waals surface area (Å²) in [5.74, 6) is -6.43. The van der Waals surface area contributed by atoms with Gasteiger partial charge >= 0.3 is 0 Å². The van der Waals surface area contributed by atoms with Gasteiger partial charge in [-0.3, -0.25) is 19.3 Å². The number of anilines is 1. The first-order valence-corrected chi connectivity index (χ1v) is 10.3. The second kappa shape index (κ2) is 9.18. The van der Waals surface area contributed by atoms with Crippen LogP contribution in [0.4, 0.5) is 23.7 Å². The fourth-order valence-corrected chi connectivity index (χ4v) is 4.04. The van der Waals surface area contributed by atoms with Crippen LogP contribution in [0.25, 0.3) is 6.08 Å². The van der Waals surface area contributed by atoms with Crippen molar-refractivity contribution in [1.82, 2.24) is 4.90 Å². The molecule has 1 aliphatic rings. The molecule has 2 aromatic carbocycles. The van der Waals surface area contributed by atoms with E-state index in [4.69, 9.17) is 4.74 Å². The number of carbonyl (C=O) groups is 3. The smallest absolute Gasteiger partial charge is 0.294 e. The molecule has 0 unspecified atom stereocenters. The van der Waals surface area contributed by atoms with Gasteiger partial charge in [0.25, 0.3) is 11.1 Å². The summed E-state index contributed by atoms with van der Waals surface area (Å²) in [7, 11) is 1.36. The summed E-state index contributed by atoms with van der Waals surface area (Å²) in [6.07, 6.45) is 1.39. The fourth-order valence-electron chi connectivity index (χ4n) is 2.58. The number of imide groups is 1. The van der Waals surface area contributed by atoms with Gasteiger partial charge in [-0.2, -0.15) is 0 Å². The van der Waals surface area contributed by atoms with Crippen molar-refractivity contribution in [1.29, 1.82) is 0 Å². The van der Waals surface area contributed by atoms with Gasteiger partial charge in [0.1, 0.15) is 6.54 Å². The lowest BCUT2D eigenvalue weighted by atomic mass is 10.2. The topological polar surface area (TPSA) is 95.9 Å². The first-order valence-electron chi connectivity index (χ1n) is 8.37. The zero-order valence-electron chi connectivity index (χ0n) is 15.5. The van der Waals surface area contributed by atoms with Crippen molar-refractivity contribution in [3.8, 4) is 11.5 Å². The average molecular weight is 564 g/mol. The van der Waals surface area contributed by atoms with Gasteiger partial charge in [0, 0.05) is 0 Å². The van der Waals surface area contributed by atoms with Gasteiger partial charge in [-0.25, -0.2) is 13.2 Å². The quantitative estimate of drug-likeness (QED) is 0.323. The van der Waals surface area contributed by atoms with E-state index in [-0.39, 0.29) is 16.4 Å². The van der Waals surface area contributed by atoms with Crippen LogP contribution < -0.4 is 10.1 Å². The number of halogens is 4. The molecule has 2 N–H and O–H groups in total. The molecule has 2 aromatic rings. The molecule has 1 heterocycles. The van der Waals surface area contributed by atoms with Gasteiger partial charge in [-0.15, -0.1) is 0 Å². The Labute approximate surface area is 191 Å². The van der Waals surface area contributed by atoms with E-state index in [1.54, 1.807) is 6.07 Å². The van der Waals surface area contributed by atoms with Crippen molar-refractivity contribution >= 4 is 63.2 Å². The van der Waals surface area contributed by atoms with Crippen LogP contribution in [0.1, 0.15) is 5.56 Å². The third-order valence-electron chi connectivity index (χ3n) is 4.05. The van der Waals surface area contributed by atoms with Crippen molar-refractivity contribution in [3.63, 3.8) is 0 Å². The number of rotatable bonds is 5. The molecule has 12 heteroatoms. The highest BCUT2D eigenvalue weighted by molar-refractivity contribution is 14.1. The molecule has 3 rings (SSSR count). The van der Waals surface area contributed by atoms with Gasteiger partial charge in [0.2, 0.25) is 5.91 Å². The number of hydrogen-bond acceptors (Lipinski definition) is 6. The molecule has 0 radical (unpaired) electrons. The molecule has 0 bridgehead atoms. The molecule has 0 atom stereocenters. The standard InChI is InChI=1S/C19H12F3IN2O5S/c1-30-12-5-8(4-10(23)17(12)27)6-13-18(28)25(19(29)31-13)7-14(26)24-11-3-2-9(20)15(21)16(11)22/h2-6,27H,7H2,1H3,(H,24,26)/b13-6+. The Hall–Kier alpha value is -2.74. The SMILES string of the molecule is COc1cc(/C=C2/SC(=O)N(CC(=O)Nc3ccc(F)c(F)c3F)C2=O)cc(I)c1O. The maximum atomic E-state index is 13.7. The van der Waals surface area contributed by atoms with Gasteiger partial charge in [0.05, 0.1) is 21.3 Å². The van der Waals surface area contributed by atoms with E-state index < -0.39 is 46.7 Å². The molecule has 1 saturated heterocycles. The van der Waals surface area contributed by atoms with Gasteiger partial charge in [-0.1, -0.05) is 0 Å². The summed E-state index contributed by atoms with van der Waals surface area (Å²) >= 11 is 2.46. The van der Waals surface area contributed by atoms with Gasteiger partial charge in [0.15, 0.2) is 29.0 Å². The predicted octanol–water partition coefficient (Wildman–Crippen LogP) is 4.10. The normalized spacial score (nSPS) is 15.0. The van der Waals surface area contributed by atoms with E-state index >= 15 is 0 Å². The van der Waals surface area contributed by atoms with E-state index in [1.165, 1.54) is 19.3 Å². The Balaban J connectivity index is 1.76. The van der Waals surface area contributed by atoms with Gasteiger partial charge < -0.3 is 15.2 Å². The summed E-state index contributed by atoms with van der Waals surface area (Å²) < 4.78 is 45.5. The van der Waals surface area contributed by atoms with Crippen LogP contribution in [0.3, 0.4) is 0 Å². The maximum absolute atomic E-state index is 13.7. The van der Waals surface area contributed by atoms with E-state index in [0.29, 0.717) is 31.9 Å². The molecule has 31 heavy (non-hydrogen) atoms. The second-order valence-corrected chi connectivity index (χ2v) is 8.25. The zero-order valence-corrected chi connectivity index (χ0v) is 18.5. The molecule has 3 amide bonds. The summed E-state index contributed by atoms with van der Waals surface area (Å²) in [5, 5.41) is 11.1. The highest BCUT2D eigenvalue weighted by Gasteiger charge is 2.36. The molecule has 1 aliphatic heterocycles. The number of thioether (sulfide) groups is 1. The zero-order chi connectivity index (χ0) is 22.9. The third kappa shape index (κ3) is 4.79. The highest BCUT2D eigenvalue weighted by Crippen LogP contribution is 2.36. The fraction of sp³-hybridized carbons (Fsp3) is 0.105. The van der Waals surface area contributed by atoms with Crippen LogP contribution >= 0.6 is 34.4 Å². The van der Waals surface area contributed by atoms with Crippen molar-refractivity contribution in [2.45, 2.75) is 0 Å². The number of hydrogen-bond donors (Lipinski definition) is 2. The molecule has 162 valence electrons. The number of phenolic OH excluding ortho intramolecular Hbond substituents is 1. The lowest BCUT2D eigenvalue weighted by Gasteiger charge is -2.13. The number of nitrogens with zero attached hydrogens (tertiary/aromatic N) is 1. The summed E-state index contributed by atoms with van der Waals surface area (Å²) in [6, 6.07) is 4.47. The second-order valence-electron chi connectivity index (χ2n) is 6.09. The summed E-state index contributed by atoms with van der Waals surface area (Å²) in [6.45, 7) is -0.753. The molecule has 0 saturated carbocycles. The third-order valence-corrected chi connectivity index (χ3v) is 5.78. The average Bonchev–Trinajstić information content (AvgIpc) is 2.98. The number of nitrogens with one attached hydrogen (secondary N) is 1. The van der Waals surface area contributed by atoms with E-state index in [2.05, 4.69) is 0 Å². The van der Waals surface area contributed by atoms with E-state index in [1.807, 2.05) is 27.9 Å². The highest BCUT2D eigenvalue weighted by atomic mass is 127. The molecular weight excluding hydrogens is 552 g/mol. The van der Waals surface area contributed by atoms with Crippen LogP contribution in [0.2, 0.25) is 0 Å². The van der Waals surface area contributed by atoms with Crippen LogP contribution in [-0.4, -0.2) is 40.7 Å². The van der Waals surface area contributed by atoms with Crippen LogP contribution in [-0.2, 0) is 9.59 Å². The number of amides is 3. The van der Waals surface area contributed by atoms with E-state index in [0.717, 1.165) is 6.07 Å². The summed E-state index contributed by atoms with van der Waals surface area (Å²) in [4.78, 5) is 37.5. The van der Waals surface area contributed by atoms with Crippen molar-refractivity contribution in [2.75, 3.05) is 19.0 Å². The number of aromatic hydroxyl groups is 1. The molecule has 0 aliphatic carbocycles. The van der Waals surface area contributed by atoms with Crippen molar-refractivity contribution < 1.29 is 37.4 Å². The monoisotopic (exact) mass is 564 g/mol. The Bertz CT molecular complexity index is 1140. The molecule has 1 fully saturated rings. The Kier molecular flexibility index (Phi) is 6.79. The Morgan fingerprint density at radius 1 is 1.26 bits per heavy atom. The lowest BCUT2D eigenvalue weighted by Crippen LogP contribution is -2.36. The number of benzene rings is 2. The molecule has 0 spiro atoms. The Morgan fingerprint density at radius 2 is 1.97 bits per heavy atom.